The summed E-state index contributed by atoms with van der Waals surface area (Å²) in [7, 11) is 3.03. The van der Waals surface area contributed by atoms with E-state index in [0.29, 0.717) is 29.8 Å². The predicted molar refractivity (Wildman–Crippen MR) is 172 cm³/mol. The van der Waals surface area contributed by atoms with Crippen molar-refractivity contribution in [1.82, 2.24) is 13.7 Å². The number of nitrogens with one attached hydrogen (secondary N) is 1. The molecule has 2 heterocycles. The van der Waals surface area contributed by atoms with Crippen LogP contribution in [-0.4, -0.2) is 26.7 Å². The molecule has 0 spiro atoms. The van der Waals surface area contributed by atoms with Gasteiger partial charge >= 0.3 is 5.69 Å². The second-order valence-electron chi connectivity index (χ2n) is 10.8. The number of pyridine rings is 1. The number of rotatable bonds is 10. The summed E-state index contributed by atoms with van der Waals surface area (Å²) in [5.41, 5.74) is 6.46. The lowest BCUT2D eigenvalue weighted by molar-refractivity contribution is -0.117. The molecule has 11 heteroatoms. The van der Waals surface area contributed by atoms with E-state index in [2.05, 4.69) is 5.32 Å². The molecule has 10 nitrogen and oxygen atoms in total. The second kappa shape index (κ2) is 12.7. The van der Waals surface area contributed by atoms with Crippen LogP contribution in [0.15, 0.2) is 81.1 Å². The number of aromatic nitrogens is 3. The van der Waals surface area contributed by atoms with Crippen LogP contribution in [0.4, 0.5) is 15.9 Å². The lowest BCUT2D eigenvalue weighted by Gasteiger charge is -2.21. The maximum atomic E-state index is 15.2. The minimum Gasteiger partial charge on any atom is -0.497 e. The highest BCUT2D eigenvalue weighted by molar-refractivity contribution is 5.93. The summed E-state index contributed by atoms with van der Waals surface area (Å²) in [4.78, 5) is 53.7. The summed E-state index contributed by atoms with van der Waals surface area (Å²) in [6.07, 6.45) is 1.07. The van der Waals surface area contributed by atoms with Crippen LogP contribution in [0, 0.1) is 12.7 Å². The first-order valence-electron chi connectivity index (χ1n) is 14.5. The van der Waals surface area contributed by atoms with Gasteiger partial charge in [-0.15, -0.1) is 0 Å². The molecular formula is C34H34FN5O5. The van der Waals surface area contributed by atoms with Crippen LogP contribution in [0.3, 0.4) is 0 Å². The van der Waals surface area contributed by atoms with E-state index in [1.807, 2.05) is 6.92 Å². The molecule has 0 saturated heterocycles. The van der Waals surface area contributed by atoms with Crippen LogP contribution < -0.4 is 32.6 Å². The number of carbonyl (C=O) groups excluding carboxylic acids is 1. The Morgan fingerprint density at radius 3 is 2.31 bits per heavy atom. The van der Waals surface area contributed by atoms with Crippen LogP contribution >= 0.6 is 0 Å². The van der Waals surface area contributed by atoms with Gasteiger partial charge in [-0.3, -0.25) is 28.1 Å². The number of carbonyl (C=O) groups is 1. The van der Waals surface area contributed by atoms with Gasteiger partial charge in [-0.05, 0) is 72.9 Å². The molecule has 0 aliphatic heterocycles. The maximum Gasteiger partial charge on any atom is 0.336 e. The number of amides is 1. The molecule has 0 atom stereocenters. The zero-order chi connectivity index (χ0) is 32.4. The van der Waals surface area contributed by atoms with Gasteiger partial charge in [-0.2, -0.15) is 0 Å². The minimum atomic E-state index is -0.670. The Labute approximate surface area is 258 Å². The summed E-state index contributed by atoms with van der Waals surface area (Å²) in [6, 6.07) is 18.6. The van der Waals surface area contributed by atoms with Crippen molar-refractivity contribution in [2.75, 3.05) is 12.4 Å². The predicted octanol–water partition coefficient (Wildman–Crippen LogP) is 4.08. The monoisotopic (exact) mass is 611 g/mol. The van der Waals surface area contributed by atoms with E-state index in [9.17, 15) is 19.2 Å². The maximum absolute atomic E-state index is 15.2. The normalized spacial score (nSPS) is 11.1. The van der Waals surface area contributed by atoms with Crippen molar-refractivity contribution in [3.05, 3.63) is 126 Å². The van der Waals surface area contributed by atoms with Gasteiger partial charge in [0.1, 0.15) is 22.8 Å². The molecule has 0 aliphatic carbocycles. The van der Waals surface area contributed by atoms with Gasteiger partial charge in [0.2, 0.25) is 5.91 Å². The van der Waals surface area contributed by atoms with Gasteiger partial charge in [0, 0.05) is 19.0 Å². The number of methoxy groups -OCH3 is 1. The molecule has 0 bridgehead atoms. The zero-order valence-electron chi connectivity index (χ0n) is 25.5. The van der Waals surface area contributed by atoms with Crippen molar-refractivity contribution in [1.29, 1.82) is 0 Å². The average molecular weight is 612 g/mol. The van der Waals surface area contributed by atoms with Crippen LogP contribution in [0.5, 0.6) is 5.75 Å². The minimum absolute atomic E-state index is 0.0317. The van der Waals surface area contributed by atoms with Gasteiger partial charge in [0.15, 0.2) is 0 Å². The fourth-order valence-electron chi connectivity index (χ4n) is 5.41. The lowest BCUT2D eigenvalue weighted by Crippen LogP contribution is -2.41. The molecular weight excluding hydrogens is 577 g/mol. The van der Waals surface area contributed by atoms with Gasteiger partial charge in [0.05, 0.1) is 30.5 Å². The topological polar surface area (TPSA) is 130 Å². The Morgan fingerprint density at radius 1 is 0.956 bits per heavy atom. The lowest BCUT2D eigenvalue weighted by atomic mass is 10.1. The molecule has 5 rings (SSSR count). The number of primary amides is 1. The molecule has 1 amide bonds. The standard InChI is InChI=1S/C34H34FN5O5/c1-5-21-11-15-27(26(35)18-21)37-31-29-30(20(2)32(42)38(31)3)40(24-8-6-7-22(17-24)12-16-28(36)41)34(44)39(33(29)43)19-23-9-13-25(45-4)14-10-23/h6-11,13-15,17-18,37H,5,12,16,19H2,1-4H3,(H2,36,41). The fourth-order valence-corrected chi connectivity index (χ4v) is 5.41. The largest absolute Gasteiger partial charge is 0.497 e. The Hall–Kier alpha value is -5.45. The third-order valence-corrected chi connectivity index (χ3v) is 7.92. The van der Waals surface area contributed by atoms with Crippen molar-refractivity contribution in [3.8, 4) is 11.4 Å². The van der Waals surface area contributed by atoms with E-state index in [1.165, 1.54) is 22.2 Å². The second-order valence-corrected chi connectivity index (χ2v) is 10.8. The molecule has 0 saturated carbocycles. The van der Waals surface area contributed by atoms with Crippen LogP contribution in [0.25, 0.3) is 16.6 Å². The number of anilines is 2. The number of fused-ring (bicyclic) bond motifs is 1. The van der Waals surface area contributed by atoms with Gasteiger partial charge in [-0.1, -0.05) is 37.3 Å². The number of ether oxygens (including phenoxy) is 1. The zero-order valence-corrected chi connectivity index (χ0v) is 25.5. The van der Waals surface area contributed by atoms with E-state index in [1.54, 1.807) is 74.7 Å². The first-order chi connectivity index (χ1) is 21.5. The third kappa shape index (κ3) is 6.01. The van der Waals surface area contributed by atoms with E-state index < -0.39 is 28.5 Å². The molecule has 0 aliphatic rings. The number of halogens is 1. The number of hydrogen-bond donors (Lipinski definition) is 2. The molecule has 0 fully saturated rings. The number of nitrogens with two attached hydrogens (primary N) is 1. The van der Waals surface area contributed by atoms with Crippen LogP contribution in [0.1, 0.15) is 35.6 Å². The van der Waals surface area contributed by atoms with Gasteiger partial charge < -0.3 is 15.8 Å². The van der Waals surface area contributed by atoms with E-state index in [0.717, 1.165) is 15.7 Å². The Morgan fingerprint density at radius 2 is 1.67 bits per heavy atom. The Kier molecular flexibility index (Phi) is 8.71. The highest BCUT2D eigenvalue weighted by Crippen LogP contribution is 2.28. The summed E-state index contributed by atoms with van der Waals surface area (Å²) < 4.78 is 24.1. The van der Waals surface area contributed by atoms with E-state index >= 15 is 4.39 Å². The molecule has 5 aromatic rings. The molecule has 3 N–H and O–H groups in total. The van der Waals surface area contributed by atoms with Gasteiger partial charge in [0.25, 0.3) is 11.1 Å². The van der Waals surface area contributed by atoms with Crippen molar-refractivity contribution in [3.63, 3.8) is 0 Å². The van der Waals surface area contributed by atoms with E-state index in [4.69, 9.17) is 10.5 Å². The summed E-state index contributed by atoms with van der Waals surface area (Å²) in [5.74, 6) is -0.367. The van der Waals surface area contributed by atoms with Crippen molar-refractivity contribution >= 4 is 28.3 Å². The first kappa shape index (κ1) is 31.0. The molecule has 0 unspecified atom stereocenters. The van der Waals surface area contributed by atoms with Crippen LogP contribution in [-0.2, 0) is 31.2 Å². The molecule has 45 heavy (non-hydrogen) atoms. The Balaban J connectivity index is 1.85. The smallest absolute Gasteiger partial charge is 0.336 e. The number of benzene rings is 3. The number of hydrogen-bond acceptors (Lipinski definition) is 6. The fraction of sp³-hybridized carbons (Fsp3) is 0.235. The Bertz CT molecular complexity index is 2110. The summed E-state index contributed by atoms with van der Waals surface area (Å²) in [5, 5.41) is 3.02. The third-order valence-electron chi connectivity index (χ3n) is 7.92. The summed E-state index contributed by atoms with van der Waals surface area (Å²) in [6.45, 7) is 3.37. The molecule has 232 valence electrons. The van der Waals surface area contributed by atoms with Crippen molar-refractivity contribution in [2.24, 2.45) is 12.8 Å². The molecule has 0 radical (unpaired) electrons. The van der Waals surface area contributed by atoms with Crippen LogP contribution in [0.2, 0.25) is 0 Å². The average Bonchev–Trinajstić information content (AvgIpc) is 3.04. The van der Waals surface area contributed by atoms with E-state index in [-0.39, 0.29) is 40.9 Å². The van der Waals surface area contributed by atoms with Gasteiger partial charge in [-0.25, -0.2) is 9.18 Å². The number of nitrogens with zero attached hydrogens (tertiary/aromatic N) is 3. The summed E-state index contributed by atoms with van der Waals surface area (Å²) >= 11 is 0. The highest BCUT2D eigenvalue weighted by Gasteiger charge is 2.24. The molecule has 2 aromatic heterocycles. The molecule has 3 aromatic carbocycles. The number of aryl methyl sites for hydroxylation is 3. The highest BCUT2D eigenvalue weighted by atomic mass is 19.1. The first-order valence-corrected chi connectivity index (χ1v) is 14.5. The SMILES string of the molecule is CCc1ccc(Nc2c3c(=O)n(Cc4ccc(OC)cc4)c(=O)n(-c4cccc(CCC(N)=O)c4)c3c(C)c(=O)n2C)c(F)c1. The quantitative estimate of drug-likeness (QED) is 0.245. The van der Waals surface area contributed by atoms with Crippen molar-refractivity contribution in [2.45, 2.75) is 39.7 Å². The van der Waals surface area contributed by atoms with Crippen molar-refractivity contribution < 1.29 is 13.9 Å².